The first-order valence-electron chi connectivity index (χ1n) is 7.56. The third-order valence-corrected chi connectivity index (χ3v) is 5.94. The minimum atomic E-state index is 0.352. The molecule has 0 aliphatic rings. The SMILES string of the molecule is CCC(C)C(c1ccccc1)C(NC)c1cc(Br)sc1C. The Balaban J connectivity index is 2.45. The van der Waals surface area contributed by atoms with Crippen molar-refractivity contribution < 1.29 is 0 Å². The summed E-state index contributed by atoms with van der Waals surface area (Å²) < 4.78 is 1.21. The van der Waals surface area contributed by atoms with Gasteiger partial charge in [-0.15, -0.1) is 11.3 Å². The summed E-state index contributed by atoms with van der Waals surface area (Å²) >= 11 is 5.45. The van der Waals surface area contributed by atoms with Crippen LogP contribution in [-0.2, 0) is 0 Å². The van der Waals surface area contributed by atoms with Crippen molar-refractivity contribution in [2.24, 2.45) is 5.92 Å². The highest BCUT2D eigenvalue weighted by atomic mass is 79.9. The van der Waals surface area contributed by atoms with Gasteiger partial charge in [-0.05, 0) is 53.0 Å². The van der Waals surface area contributed by atoms with Gasteiger partial charge in [-0.25, -0.2) is 0 Å². The molecule has 114 valence electrons. The number of nitrogens with one attached hydrogen (secondary N) is 1. The van der Waals surface area contributed by atoms with Gasteiger partial charge in [-0.2, -0.15) is 0 Å². The van der Waals surface area contributed by atoms with Crippen molar-refractivity contribution in [3.63, 3.8) is 0 Å². The zero-order chi connectivity index (χ0) is 15.4. The summed E-state index contributed by atoms with van der Waals surface area (Å²) in [5.41, 5.74) is 2.84. The van der Waals surface area contributed by atoms with Gasteiger partial charge in [0.15, 0.2) is 0 Å². The Labute approximate surface area is 140 Å². The topological polar surface area (TPSA) is 12.0 Å². The van der Waals surface area contributed by atoms with Gasteiger partial charge in [0.1, 0.15) is 0 Å². The first-order valence-corrected chi connectivity index (χ1v) is 9.17. The van der Waals surface area contributed by atoms with Gasteiger partial charge in [0.2, 0.25) is 0 Å². The molecule has 0 aliphatic heterocycles. The number of likely N-dealkylation sites (N-methyl/N-ethyl adjacent to an activating group) is 1. The average Bonchev–Trinajstić information content (AvgIpc) is 2.83. The highest BCUT2D eigenvalue weighted by Crippen LogP contribution is 2.42. The number of hydrogen-bond donors (Lipinski definition) is 1. The maximum absolute atomic E-state index is 3.63. The molecule has 0 radical (unpaired) electrons. The number of rotatable bonds is 6. The summed E-state index contributed by atoms with van der Waals surface area (Å²) in [6.45, 7) is 6.86. The maximum atomic E-state index is 3.63. The first-order chi connectivity index (χ1) is 10.1. The molecule has 0 fully saturated rings. The molecule has 1 aromatic carbocycles. The third kappa shape index (κ3) is 3.77. The van der Waals surface area contributed by atoms with Crippen molar-refractivity contribution in [1.82, 2.24) is 5.32 Å². The molecule has 2 aromatic rings. The van der Waals surface area contributed by atoms with E-state index in [4.69, 9.17) is 0 Å². The molecule has 2 rings (SSSR count). The minimum absolute atomic E-state index is 0.352. The molecule has 0 saturated carbocycles. The quantitative estimate of drug-likeness (QED) is 0.670. The molecule has 1 heterocycles. The first kappa shape index (κ1) is 16.7. The van der Waals surface area contributed by atoms with Crippen molar-refractivity contribution in [3.8, 4) is 0 Å². The van der Waals surface area contributed by atoms with Gasteiger partial charge in [0.05, 0.1) is 3.79 Å². The fraction of sp³-hybridized carbons (Fsp3) is 0.444. The summed E-state index contributed by atoms with van der Waals surface area (Å²) in [5, 5.41) is 3.57. The summed E-state index contributed by atoms with van der Waals surface area (Å²) in [6.07, 6.45) is 1.18. The van der Waals surface area contributed by atoms with E-state index in [1.807, 2.05) is 11.3 Å². The fourth-order valence-electron chi connectivity index (χ4n) is 3.07. The number of thiophene rings is 1. The average molecular weight is 366 g/mol. The van der Waals surface area contributed by atoms with E-state index in [-0.39, 0.29) is 0 Å². The van der Waals surface area contributed by atoms with Gasteiger partial charge >= 0.3 is 0 Å². The van der Waals surface area contributed by atoms with Crippen molar-refractivity contribution >= 4 is 27.3 Å². The van der Waals surface area contributed by atoms with Crippen LogP contribution in [0.2, 0.25) is 0 Å². The third-order valence-electron chi connectivity index (χ3n) is 4.37. The molecule has 1 aromatic heterocycles. The smallest absolute Gasteiger partial charge is 0.0704 e. The largest absolute Gasteiger partial charge is 0.312 e. The number of halogens is 1. The molecular weight excluding hydrogens is 342 g/mol. The van der Waals surface area contributed by atoms with E-state index in [1.54, 1.807) is 0 Å². The lowest BCUT2D eigenvalue weighted by Crippen LogP contribution is -2.28. The lowest BCUT2D eigenvalue weighted by molar-refractivity contribution is 0.354. The lowest BCUT2D eigenvalue weighted by atomic mass is 9.78. The van der Waals surface area contributed by atoms with Crippen LogP contribution in [0, 0.1) is 12.8 Å². The second kappa shape index (κ2) is 7.57. The van der Waals surface area contributed by atoms with Crippen molar-refractivity contribution in [2.75, 3.05) is 7.05 Å². The monoisotopic (exact) mass is 365 g/mol. The van der Waals surface area contributed by atoms with E-state index in [1.165, 1.54) is 26.2 Å². The Hall–Kier alpha value is -0.640. The molecule has 0 aliphatic carbocycles. The summed E-state index contributed by atoms with van der Waals surface area (Å²) in [6, 6.07) is 13.5. The Bertz CT molecular complexity index is 564. The van der Waals surface area contributed by atoms with E-state index in [0.29, 0.717) is 17.9 Å². The van der Waals surface area contributed by atoms with Gasteiger partial charge < -0.3 is 5.32 Å². The lowest BCUT2D eigenvalue weighted by Gasteiger charge is -2.32. The molecule has 0 amide bonds. The molecular formula is C18H24BrNS. The highest BCUT2D eigenvalue weighted by molar-refractivity contribution is 9.11. The summed E-state index contributed by atoms with van der Waals surface area (Å²) in [4.78, 5) is 1.39. The highest BCUT2D eigenvalue weighted by Gasteiger charge is 2.29. The Morgan fingerprint density at radius 2 is 1.90 bits per heavy atom. The van der Waals surface area contributed by atoms with Crippen LogP contribution in [0.3, 0.4) is 0 Å². The van der Waals surface area contributed by atoms with Crippen molar-refractivity contribution in [1.29, 1.82) is 0 Å². The predicted molar refractivity (Wildman–Crippen MR) is 97.2 cm³/mol. The van der Waals surface area contributed by atoms with Gasteiger partial charge in [-0.3, -0.25) is 0 Å². The predicted octanol–water partition coefficient (Wildman–Crippen LogP) is 5.91. The Morgan fingerprint density at radius 3 is 2.38 bits per heavy atom. The second-order valence-electron chi connectivity index (χ2n) is 5.65. The van der Waals surface area contributed by atoms with Crippen LogP contribution in [0.5, 0.6) is 0 Å². The number of aryl methyl sites for hydroxylation is 1. The number of benzene rings is 1. The van der Waals surface area contributed by atoms with Gasteiger partial charge in [0, 0.05) is 16.8 Å². The molecule has 21 heavy (non-hydrogen) atoms. The van der Waals surface area contributed by atoms with Crippen LogP contribution in [0.15, 0.2) is 40.2 Å². The number of hydrogen-bond acceptors (Lipinski definition) is 2. The van der Waals surface area contributed by atoms with E-state index >= 15 is 0 Å². The van der Waals surface area contributed by atoms with E-state index in [2.05, 4.69) is 85.5 Å². The van der Waals surface area contributed by atoms with Crippen molar-refractivity contribution in [3.05, 3.63) is 56.2 Å². The standard InChI is InChI=1S/C18H24BrNS/c1-5-12(2)17(14-9-7-6-8-10-14)18(20-4)15-11-16(19)21-13(15)3/h6-12,17-18,20H,5H2,1-4H3. The normalized spacial score (nSPS) is 15.7. The fourth-order valence-corrected chi connectivity index (χ4v) is 4.83. The van der Waals surface area contributed by atoms with E-state index in [9.17, 15) is 0 Å². The molecule has 0 bridgehead atoms. The van der Waals surface area contributed by atoms with E-state index in [0.717, 1.165) is 0 Å². The van der Waals surface area contributed by atoms with Crippen LogP contribution in [0.4, 0.5) is 0 Å². The molecule has 3 unspecified atom stereocenters. The minimum Gasteiger partial charge on any atom is -0.312 e. The summed E-state index contributed by atoms with van der Waals surface area (Å²) in [7, 11) is 2.08. The maximum Gasteiger partial charge on any atom is 0.0704 e. The van der Waals surface area contributed by atoms with Gasteiger partial charge in [0.25, 0.3) is 0 Å². The Kier molecular flexibility index (Phi) is 6.03. The van der Waals surface area contributed by atoms with E-state index < -0.39 is 0 Å². The van der Waals surface area contributed by atoms with Crippen LogP contribution in [0.25, 0.3) is 0 Å². The zero-order valence-corrected chi connectivity index (χ0v) is 15.6. The zero-order valence-electron chi connectivity index (χ0n) is 13.2. The molecule has 3 atom stereocenters. The van der Waals surface area contributed by atoms with Crippen LogP contribution in [-0.4, -0.2) is 7.05 Å². The second-order valence-corrected chi connectivity index (χ2v) is 8.29. The van der Waals surface area contributed by atoms with Crippen LogP contribution in [0.1, 0.15) is 48.2 Å². The molecule has 1 nitrogen and oxygen atoms in total. The molecule has 0 saturated heterocycles. The van der Waals surface area contributed by atoms with Crippen LogP contribution >= 0.6 is 27.3 Å². The van der Waals surface area contributed by atoms with Crippen LogP contribution < -0.4 is 5.32 Å². The van der Waals surface area contributed by atoms with Crippen molar-refractivity contribution in [2.45, 2.75) is 39.2 Å². The Morgan fingerprint density at radius 1 is 1.24 bits per heavy atom. The van der Waals surface area contributed by atoms with Gasteiger partial charge in [-0.1, -0.05) is 50.6 Å². The molecule has 1 N–H and O–H groups in total. The molecule has 3 heteroatoms. The summed E-state index contributed by atoms with van der Waals surface area (Å²) in [5.74, 6) is 1.12. The molecule has 0 spiro atoms.